The van der Waals surface area contributed by atoms with Crippen LogP contribution in [0.25, 0.3) is 5.69 Å². The van der Waals surface area contributed by atoms with Crippen LogP contribution in [0.4, 0.5) is 13.2 Å². The Morgan fingerprint density at radius 2 is 1.68 bits per heavy atom. The normalized spacial score (nSPS) is 20.2. The second-order valence-electron chi connectivity index (χ2n) is 10.4. The lowest BCUT2D eigenvalue weighted by molar-refractivity contribution is -0.146. The Morgan fingerprint density at radius 1 is 0.976 bits per heavy atom. The van der Waals surface area contributed by atoms with E-state index in [1.807, 2.05) is 12.1 Å². The van der Waals surface area contributed by atoms with E-state index in [1.165, 1.54) is 17.2 Å². The standard InChI is InChI=1S/C30H31F3N6O2/c1-40-27-13-12-24(39-29(30(31,32)33)34-35-36-39)16-23(27)17-37-18-25-20-41-15-14-38(25)26(19-37)28(21-8-4-2-5-9-21)22-10-6-3-7-11-22/h2-13,16,25-26,28H,14-15,17-20H2,1H3/t25-,26+/m1/s1. The van der Waals surface area contributed by atoms with E-state index in [-0.39, 0.29) is 23.7 Å². The molecule has 0 amide bonds. The monoisotopic (exact) mass is 564 g/mol. The highest BCUT2D eigenvalue weighted by molar-refractivity contribution is 5.44. The molecule has 0 spiro atoms. The molecule has 8 nitrogen and oxygen atoms in total. The van der Waals surface area contributed by atoms with Gasteiger partial charge in [0, 0.05) is 49.7 Å². The van der Waals surface area contributed by atoms with Crippen molar-refractivity contribution in [2.45, 2.75) is 30.7 Å². The van der Waals surface area contributed by atoms with E-state index >= 15 is 0 Å². The van der Waals surface area contributed by atoms with Crippen LogP contribution in [-0.2, 0) is 17.5 Å². The predicted octanol–water partition coefficient (Wildman–Crippen LogP) is 4.41. The third kappa shape index (κ3) is 5.70. The first-order chi connectivity index (χ1) is 19.9. The van der Waals surface area contributed by atoms with Crippen molar-refractivity contribution in [1.29, 1.82) is 0 Å². The summed E-state index contributed by atoms with van der Waals surface area (Å²) >= 11 is 0. The minimum atomic E-state index is -4.68. The number of hydrogen-bond donors (Lipinski definition) is 0. The molecule has 0 radical (unpaired) electrons. The van der Waals surface area contributed by atoms with Crippen LogP contribution in [0, 0.1) is 0 Å². The first kappa shape index (κ1) is 27.4. The van der Waals surface area contributed by atoms with Gasteiger partial charge in [-0.05, 0) is 39.8 Å². The molecule has 214 valence electrons. The van der Waals surface area contributed by atoms with Crippen LogP contribution in [0.5, 0.6) is 5.75 Å². The van der Waals surface area contributed by atoms with E-state index in [0.29, 0.717) is 25.5 Å². The number of morpholine rings is 1. The largest absolute Gasteiger partial charge is 0.496 e. The summed E-state index contributed by atoms with van der Waals surface area (Å²) < 4.78 is 52.9. The summed E-state index contributed by atoms with van der Waals surface area (Å²) in [6.07, 6.45) is -4.68. The van der Waals surface area contributed by atoms with E-state index in [2.05, 4.69) is 73.9 Å². The average molecular weight is 565 g/mol. The fourth-order valence-corrected chi connectivity index (χ4v) is 6.19. The topological polar surface area (TPSA) is 68.5 Å². The van der Waals surface area contributed by atoms with Crippen LogP contribution >= 0.6 is 0 Å². The number of ether oxygens (including phenoxy) is 2. The zero-order valence-corrected chi connectivity index (χ0v) is 22.6. The lowest BCUT2D eigenvalue weighted by Gasteiger charge is -2.51. The molecule has 6 rings (SSSR count). The molecule has 3 heterocycles. The number of fused-ring (bicyclic) bond motifs is 1. The van der Waals surface area contributed by atoms with E-state index < -0.39 is 12.0 Å². The number of aromatic nitrogens is 4. The van der Waals surface area contributed by atoms with E-state index in [4.69, 9.17) is 9.47 Å². The van der Waals surface area contributed by atoms with Crippen molar-refractivity contribution in [3.63, 3.8) is 0 Å². The fourth-order valence-electron chi connectivity index (χ4n) is 6.19. The Bertz CT molecular complexity index is 1410. The van der Waals surface area contributed by atoms with Crippen molar-refractivity contribution in [3.05, 3.63) is 101 Å². The molecule has 2 aliphatic rings. The molecule has 0 saturated carbocycles. The molecule has 1 aromatic heterocycles. The number of nitrogens with zero attached hydrogens (tertiary/aromatic N) is 6. The summed E-state index contributed by atoms with van der Waals surface area (Å²) in [5.41, 5.74) is 3.47. The summed E-state index contributed by atoms with van der Waals surface area (Å²) in [5.74, 6) is -0.447. The van der Waals surface area contributed by atoms with Gasteiger partial charge < -0.3 is 9.47 Å². The number of methoxy groups -OCH3 is 1. The van der Waals surface area contributed by atoms with E-state index in [0.717, 1.165) is 29.9 Å². The minimum absolute atomic E-state index is 0.129. The Kier molecular flexibility index (Phi) is 7.74. The van der Waals surface area contributed by atoms with Gasteiger partial charge >= 0.3 is 6.18 Å². The Labute approximate surface area is 236 Å². The van der Waals surface area contributed by atoms with Crippen molar-refractivity contribution in [2.24, 2.45) is 0 Å². The molecule has 0 unspecified atom stereocenters. The van der Waals surface area contributed by atoms with Gasteiger partial charge in [0.15, 0.2) is 0 Å². The second-order valence-corrected chi connectivity index (χ2v) is 10.4. The maximum absolute atomic E-state index is 13.5. The van der Waals surface area contributed by atoms with Crippen LogP contribution in [0.2, 0.25) is 0 Å². The number of benzene rings is 3. The third-order valence-electron chi connectivity index (χ3n) is 7.94. The lowest BCUT2D eigenvalue weighted by atomic mass is 9.82. The summed E-state index contributed by atoms with van der Waals surface area (Å²) in [6.45, 7) is 4.16. The van der Waals surface area contributed by atoms with Gasteiger partial charge in [0.05, 0.1) is 26.0 Å². The summed E-state index contributed by atoms with van der Waals surface area (Å²) in [7, 11) is 1.56. The summed E-state index contributed by atoms with van der Waals surface area (Å²) in [6, 6.07) is 26.3. The number of alkyl halides is 3. The second kappa shape index (κ2) is 11.6. The third-order valence-corrected chi connectivity index (χ3v) is 7.94. The highest BCUT2D eigenvalue weighted by Gasteiger charge is 2.42. The molecular formula is C30H31F3N6O2. The van der Waals surface area contributed by atoms with Gasteiger partial charge in [0.25, 0.3) is 5.82 Å². The number of halogens is 3. The number of hydrogen-bond acceptors (Lipinski definition) is 7. The quantitative estimate of drug-likeness (QED) is 0.330. The van der Waals surface area contributed by atoms with Gasteiger partial charge in [-0.25, -0.2) is 0 Å². The highest BCUT2D eigenvalue weighted by atomic mass is 19.4. The van der Waals surface area contributed by atoms with Gasteiger partial charge in [-0.3, -0.25) is 9.80 Å². The first-order valence-electron chi connectivity index (χ1n) is 13.6. The molecule has 2 fully saturated rings. The van der Waals surface area contributed by atoms with Crippen LogP contribution in [0.3, 0.4) is 0 Å². The van der Waals surface area contributed by atoms with Crippen LogP contribution in [0.1, 0.15) is 28.4 Å². The molecule has 0 N–H and O–H groups in total. The summed E-state index contributed by atoms with van der Waals surface area (Å²) in [4.78, 5) is 4.93. The number of piperazine rings is 1. The molecule has 2 saturated heterocycles. The molecule has 0 aliphatic carbocycles. The summed E-state index contributed by atoms with van der Waals surface area (Å²) in [5, 5.41) is 10.1. The van der Waals surface area contributed by atoms with Crippen molar-refractivity contribution >= 4 is 0 Å². The van der Waals surface area contributed by atoms with Crippen molar-refractivity contribution in [1.82, 2.24) is 30.0 Å². The van der Waals surface area contributed by atoms with Gasteiger partial charge in [0.2, 0.25) is 0 Å². The van der Waals surface area contributed by atoms with Crippen LogP contribution in [-0.4, -0.2) is 82.0 Å². The number of tetrazole rings is 1. The lowest BCUT2D eigenvalue weighted by Crippen LogP contribution is -2.64. The molecule has 2 atom stereocenters. The molecular weight excluding hydrogens is 533 g/mol. The van der Waals surface area contributed by atoms with E-state index in [1.54, 1.807) is 19.2 Å². The smallest absolute Gasteiger partial charge is 0.453 e. The minimum Gasteiger partial charge on any atom is -0.496 e. The zero-order chi connectivity index (χ0) is 28.4. The van der Waals surface area contributed by atoms with Gasteiger partial charge in [0.1, 0.15) is 5.75 Å². The number of rotatable bonds is 7. The van der Waals surface area contributed by atoms with Crippen LogP contribution < -0.4 is 4.74 Å². The maximum Gasteiger partial charge on any atom is 0.453 e. The molecule has 3 aromatic carbocycles. The molecule has 11 heteroatoms. The van der Waals surface area contributed by atoms with Crippen LogP contribution in [0.15, 0.2) is 78.9 Å². The van der Waals surface area contributed by atoms with E-state index in [9.17, 15) is 13.2 Å². The van der Waals surface area contributed by atoms with Gasteiger partial charge in [-0.15, -0.1) is 5.10 Å². The zero-order valence-electron chi connectivity index (χ0n) is 22.6. The molecule has 4 aromatic rings. The Hall–Kier alpha value is -3.80. The van der Waals surface area contributed by atoms with Crippen molar-refractivity contribution < 1.29 is 22.6 Å². The predicted molar refractivity (Wildman–Crippen MR) is 146 cm³/mol. The fraction of sp³-hybridized carbons (Fsp3) is 0.367. The van der Waals surface area contributed by atoms with Crippen molar-refractivity contribution in [2.75, 3.05) is 40.0 Å². The SMILES string of the molecule is COc1ccc(-n2nnnc2C(F)(F)F)cc1CN1C[C@@H]2COCCN2[C@H](C(c2ccccc2)c2ccccc2)C1. The molecule has 41 heavy (non-hydrogen) atoms. The average Bonchev–Trinajstić information content (AvgIpc) is 3.50. The Balaban J connectivity index is 1.35. The molecule has 0 bridgehead atoms. The van der Waals surface area contributed by atoms with Gasteiger partial charge in [-0.2, -0.15) is 17.9 Å². The first-order valence-corrected chi connectivity index (χ1v) is 13.6. The maximum atomic E-state index is 13.5. The highest BCUT2D eigenvalue weighted by Crippen LogP contribution is 2.36. The molecule has 2 aliphatic heterocycles. The van der Waals surface area contributed by atoms with Crippen molar-refractivity contribution in [3.8, 4) is 11.4 Å². The Morgan fingerprint density at radius 3 is 2.34 bits per heavy atom. The van der Waals surface area contributed by atoms with Gasteiger partial charge in [-0.1, -0.05) is 60.7 Å².